The van der Waals surface area contributed by atoms with E-state index in [-0.39, 0.29) is 0 Å². The van der Waals surface area contributed by atoms with Gasteiger partial charge in [-0.25, -0.2) is 0 Å². The van der Waals surface area contributed by atoms with Crippen LogP contribution in [0.3, 0.4) is 0 Å². The van der Waals surface area contributed by atoms with Crippen molar-refractivity contribution in [3.05, 3.63) is 0 Å². The van der Waals surface area contributed by atoms with E-state index in [0.717, 1.165) is 0 Å². The molecule has 0 amide bonds. The van der Waals surface area contributed by atoms with E-state index >= 15 is 0 Å². The molecule has 10 heavy (non-hydrogen) atoms. The molecule has 1 aliphatic rings. The normalized spacial score (nSPS) is 39.3. The Balaban J connectivity index is 2.15. The number of halogens is 2. The van der Waals surface area contributed by atoms with E-state index in [4.69, 9.17) is 22.2 Å². The van der Waals surface area contributed by atoms with Crippen LogP contribution in [-0.4, -0.2) is 15.5 Å². The van der Waals surface area contributed by atoms with E-state index in [1.807, 2.05) is 0 Å². The van der Waals surface area contributed by atoms with Gasteiger partial charge in [-0.1, -0.05) is 19.8 Å². The zero-order chi connectivity index (χ0) is 7.61. The number of hydrogen-bond acceptors (Lipinski definition) is 0. The van der Waals surface area contributed by atoms with E-state index in [0.29, 0.717) is 0 Å². The molecule has 1 saturated heterocycles. The van der Waals surface area contributed by atoms with Crippen LogP contribution in [0, 0.1) is 0 Å². The first-order valence-electron chi connectivity index (χ1n) is 3.99. The van der Waals surface area contributed by atoms with Gasteiger partial charge in [-0.15, -0.1) is 0 Å². The lowest BCUT2D eigenvalue weighted by atomic mass is 10.4. The first-order valence-corrected chi connectivity index (χ1v) is 11.0. The fourth-order valence-electron chi connectivity index (χ4n) is 1.43. The first-order chi connectivity index (χ1) is 4.66. The van der Waals surface area contributed by atoms with Crippen molar-refractivity contribution in [3.8, 4) is 0 Å². The van der Waals surface area contributed by atoms with Gasteiger partial charge >= 0.3 is 0 Å². The van der Waals surface area contributed by atoms with Crippen LogP contribution in [0.25, 0.3) is 0 Å². The molecule has 0 aromatic carbocycles. The molecule has 1 fully saturated rings. The molecule has 4 heteroatoms. The Morgan fingerprint density at radius 1 is 1.50 bits per heavy atom. The fraction of sp³-hybridized carbons (Fsp3) is 1.00. The molecule has 1 heterocycles. The van der Waals surface area contributed by atoms with Gasteiger partial charge in [0.1, 0.15) is 8.11 Å². The van der Waals surface area contributed by atoms with Crippen LogP contribution in [-0.2, 0) is 0 Å². The van der Waals surface area contributed by atoms with Crippen LogP contribution in [0.1, 0.15) is 19.8 Å². The zero-order valence-electron chi connectivity index (χ0n) is 6.37. The van der Waals surface area contributed by atoms with Crippen molar-refractivity contribution in [1.82, 2.24) is 0 Å². The minimum atomic E-state index is -1.18. The molecule has 60 valence electrons. The third-order valence-corrected chi connectivity index (χ3v) is 18.9. The summed E-state index contributed by atoms with van der Waals surface area (Å²) in [5.41, 5.74) is 2.58. The van der Waals surface area contributed by atoms with Crippen molar-refractivity contribution in [2.24, 2.45) is 0 Å². The van der Waals surface area contributed by atoms with Crippen molar-refractivity contribution >= 4 is 37.6 Å². The lowest BCUT2D eigenvalue weighted by Crippen LogP contribution is -2.45. The summed E-state index contributed by atoms with van der Waals surface area (Å²) >= 11 is 12.4. The maximum absolute atomic E-state index is 6.37. The Bertz CT molecular complexity index is 112. The molecule has 0 nitrogen and oxygen atoms in total. The van der Waals surface area contributed by atoms with Gasteiger partial charge in [0.15, 0.2) is 7.38 Å². The maximum atomic E-state index is 6.37. The Kier molecular flexibility index (Phi) is 3.29. The van der Waals surface area contributed by atoms with Crippen LogP contribution in [0.5, 0.6) is 0 Å². The quantitative estimate of drug-likeness (QED) is 0.499. The van der Waals surface area contributed by atoms with Crippen LogP contribution in [0.15, 0.2) is 0 Å². The molecule has 0 bridgehead atoms. The zero-order valence-corrected chi connectivity index (χ0v) is 10.0. The van der Waals surface area contributed by atoms with Crippen LogP contribution in [0.2, 0.25) is 17.4 Å². The van der Waals surface area contributed by atoms with Gasteiger partial charge in [0, 0.05) is 0 Å². The van der Waals surface area contributed by atoms with Gasteiger partial charge in [0.2, 0.25) is 0 Å². The summed E-state index contributed by atoms with van der Waals surface area (Å²) in [6.07, 6.45) is 2.61. The summed E-state index contributed by atoms with van der Waals surface area (Å²) in [5, 5.41) is 0. The SMILES string of the molecule is CCCC[Si]1(Cl)C[SiH](Cl)C1. The van der Waals surface area contributed by atoms with Crippen molar-refractivity contribution < 1.29 is 0 Å². The Labute approximate surface area is 74.9 Å². The second-order valence-corrected chi connectivity index (χ2v) is 14.8. The third kappa shape index (κ3) is 2.26. The summed E-state index contributed by atoms with van der Waals surface area (Å²) in [4.78, 5) is 0. The molecular formula is C6H14Cl2Si2. The van der Waals surface area contributed by atoms with Crippen molar-refractivity contribution in [1.29, 1.82) is 0 Å². The summed E-state index contributed by atoms with van der Waals surface area (Å²) in [7, 11) is -1.91. The molecule has 0 saturated carbocycles. The van der Waals surface area contributed by atoms with E-state index in [9.17, 15) is 0 Å². The minimum absolute atomic E-state index is 0.735. The number of hydrogen-bond donors (Lipinski definition) is 0. The first kappa shape index (κ1) is 9.10. The molecule has 1 aliphatic heterocycles. The summed E-state index contributed by atoms with van der Waals surface area (Å²) in [6.45, 7) is 2.23. The summed E-state index contributed by atoms with van der Waals surface area (Å²) in [5.74, 6) is 0. The summed E-state index contributed by atoms with van der Waals surface area (Å²) < 4.78 is 0. The molecule has 0 N–H and O–H groups in total. The molecule has 0 aliphatic carbocycles. The minimum Gasteiger partial charge on any atom is -0.172 e. The van der Waals surface area contributed by atoms with Gasteiger partial charge in [-0.3, -0.25) is 0 Å². The van der Waals surface area contributed by atoms with Crippen molar-refractivity contribution in [2.45, 2.75) is 37.1 Å². The topological polar surface area (TPSA) is 0 Å². The van der Waals surface area contributed by atoms with Gasteiger partial charge in [0.25, 0.3) is 0 Å². The van der Waals surface area contributed by atoms with E-state index in [1.165, 1.54) is 30.2 Å². The Morgan fingerprint density at radius 2 is 2.10 bits per heavy atom. The highest BCUT2D eigenvalue weighted by Gasteiger charge is 2.44. The monoisotopic (exact) mass is 212 g/mol. The highest BCUT2D eigenvalue weighted by molar-refractivity contribution is 7.39. The molecule has 1 rings (SSSR count). The van der Waals surface area contributed by atoms with E-state index in [1.54, 1.807) is 0 Å². The fourth-order valence-corrected chi connectivity index (χ4v) is 20.4. The molecule has 0 atom stereocenters. The van der Waals surface area contributed by atoms with Crippen molar-refractivity contribution in [3.63, 3.8) is 0 Å². The average molecular weight is 213 g/mol. The molecule has 0 radical (unpaired) electrons. The third-order valence-electron chi connectivity index (χ3n) is 2.15. The predicted octanol–water partition coefficient (Wildman–Crippen LogP) is 3.03. The smallest absolute Gasteiger partial charge is 0.153 e. The van der Waals surface area contributed by atoms with Gasteiger partial charge in [0.05, 0.1) is 0 Å². The Hall–Kier alpha value is 1.01. The van der Waals surface area contributed by atoms with Gasteiger partial charge < -0.3 is 0 Å². The lowest BCUT2D eigenvalue weighted by Gasteiger charge is -2.36. The molecule has 0 unspecified atom stereocenters. The largest absolute Gasteiger partial charge is 0.172 e. The average Bonchev–Trinajstić information content (AvgIpc) is 1.81. The molecular weight excluding hydrogens is 199 g/mol. The Morgan fingerprint density at radius 3 is 2.50 bits per heavy atom. The second kappa shape index (κ2) is 3.61. The highest BCUT2D eigenvalue weighted by atomic mass is 35.6. The summed E-state index contributed by atoms with van der Waals surface area (Å²) in [6, 6.07) is 1.32. The highest BCUT2D eigenvalue weighted by Crippen LogP contribution is 2.40. The number of unbranched alkanes of at least 4 members (excludes halogenated alkanes) is 1. The van der Waals surface area contributed by atoms with Crippen molar-refractivity contribution in [2.75, 3.05) is 0 Å². The van der Waals surface area contributed by atoms with Crippen LogP contribution in [0.4, 0.5) is 0 Å². The van der Waals surface area contributed by atoms with E-state index < -0.39 is 15.5 Å². The lowest BCUT2D eigenvalue weighted by molar-refractivity contribution is 0.868. The van der Waals surface area contributed by atoms with Crippen LogP contribution < -0.4 is 0 Å². The molecule has 0 aromatic heterocycles. The van der Waals surface area contributed by atoms with E-state index in [2.05, 4.69) is 6.92 Å². The van der Waals surface area contributed by atoms with Crippen LogP contribution >= 0.6 is 22.2 Å². The standard InChI is InChI=1S/C6H14Cl2Si2/c1-2-3-4-10(8)5-9(7)6-10/h9H,2-6H2,1H3. The molecule has 0 aromatic rings. The predicted molar refractivity (Wildman–Crippen MR) is 53.9 cm³/mol. The molecule has 0 spiro atoms. The number of rotatable bonds is 3. The maximum Gasteiger partial charge on any atom is 0.153 e. The second-order valence-electron chi connectivity index (χ2n) is 3.26. The van der Waals surface area contributed by atoms with Gasteiger partial charge in [-0.2, -0.15) is 22.2 Å². The van der Waals surface area contributed by atoms with Gasteiger partial charge in [-0.05, 0) is 17.4 Å².